The van der Waals surface area contributed by atoms with Gasteiger partial charge in [0.15, 0.2) is 5.78 Å². The van der Waals surface area contributed by atoms with E-state index in [9.17, 15) is 9.90 Å². The van der Waals surface area contributed by atoms with E-state index in [4.69, 9.17) is 0 Å². The van der Waals surface area contributed by atoms with Crippen LogP contribution in [0.5, 0.6) is 0 Å². The first-order chi connectivity index (χ1) is 6.10. The molecule has 0 fully saturated rings. The Kier molecular flexibility index (Phi) is 5.97. The summed E-state index contributed by atoms with van der Waals surface area (Å²) in [4.78, 5) is 11.6. The Bertz CT molecular complexity index is 154. The SMILES string of the molecule is CCCCC(=O)C(O)(CC)CCC. The summed E-state index contributed by atoms with van der Waals surface area (Å²) < 4.78 is 0. The second-order valence-electron chi connectivity index (χ2n) is 3.66. The first-order valence-electron chi connectivity index (χ1n) is 5.36. The van der Waals surface area contributed by atoms with E-state index in [1.165, 1.54) is 0 Å². The fourth-order valence-electron chi connectivity index (χ4n) is 1.50. The van der Waals surface area contributed by atoms with Crippen LogP contribution in [-0.2, 0) is 4.79 Å². The predicted molar refractivity (Wildman–Crippen MR) is 54.7 cm³/mol. The molecule has 78 valence electrons. The van der Waals surface area contributed by atoms with Crippen molar-refractivity contribution in [2.75, 3.05) is 0 Å². The first-order valence-corrected chi connectivity index (χ1v) is 5.36. The predicted octanol–water partition coefficient (Wildman–Crippen LogP) is 2.69. The minimum absolute atomic E-state index is 0.0266. The van der Waals surface area contributed by atoms with Crippen molar-refractivity contribution < 1.29 is 9.90 Å². The van der Waals surface area contributed by atoms with E-state index in [1.54, 1.807) is 0 Å². The Balaban J connectivity index is 4.12. The Morgan fingerprint density at radius 1 is 1.23 bits per heavy atom. The minimum atomic E-state index is -1.04. The molecule has 2 heteroatoms. The quantitative estimate of drug-likeness (QED) is 0.663. The molecule has 0 heterocycles. The molecular formula is C11H22O2. The number of hydrogen-bond acceptors (Lipinski definition) is 2. The molecule has 13 heavy (non-hydrogen) atoms. The molecule has 2 nitrogen and oxygen atoms in total. The maximum absolute atomic E-state index is 11.6. The van der Waals surface area contributed by atoms with Gasteiger partial charge in [-0.2, -0.15) is 0 Å². The third-order valence-electron chi connectivity index (χ3n) is 2.52. The smallest absolute Gasteiger partial charge is 0.164 e. The van der Waals surface area contributed by atoms with Crippen LogP contribution in [0.2, 0.25) is 0 Å². The highest BCUT2D eigenvalue weighted by Gasteiger charge is 2.31. The van der Waals surface area contributed by atoms with Gasteiger partial charge in [0.1, 0.15) is 5.60 Å². The zero-order valence-corrected chi connectivity index (χ0v) is 9.10. The molecule has 0 aliphatic carbocycles. The van der Waals surface area contributed by atoms with Crippen molar-refractivity contribution in [3.63, 3.8) is 0 Å². The largest absolute Gasteiger partial charge is 0.382 e. The topological polar surface area (TPSA) is 37.3 Å². The van der Waals surface area contributed by atoms with Crippen molar-refractivity contribution in [2.24, 2.45) is 0 Å². The van der Waals surface area contributed by atoms with Gasteiger partial charge in [-0.05, 0) is 19.3 Å². The molecule has 0 saturated heterocycles. The number of hydrogen-bond donors (Lipinski definition) is 1. The molecule has 1 N–H and O–H groups in total. The van der Waals surface area contributed by atoms with Crippen molar-refractivity contribution in [3.8, 4) is 0 Å². The third kappa shape index (κ3) is 3.90. The molecule has 0 aliphatic rings. The normalized spacial score (nSPS) is 15.4. The molecule has 0 aromatic heterocycles. The summed E-state index contributed by atoms with van der Waals surface area (Å²) >= 11 is 0. The summed E-state index contributed by atoms with van der Waals surface area (Å²) in [6.45, 7) is 5.92. The van der Waals surface area contributed by atoms with Gasteiger partial charge in [-0.1, -0.05) is 33.6 Å². The van der Waals surface area contributed by atoms with E-state index in [2.05, 4.69) is 6.92 Å². The van der Waals surface area contributed by atoms with Gasteiger partial charge < -0.3 is 5.11 Å². The lowest BCUT2D eigenvalue weighted by Gasteiger charge is -2.24. The molecule has 0 aromatic carbocycles. The van der Waals surface area contributed by atoms with Gasteiger partial charge in [-0.3, -0.25) is 4.79 Å². The molecule has 0 radical (unpaired) electrons. The van der Waals surface area contributed by atoms with E-state index in [1.807, 2.05) is 13.8 Å². The lowest BCUT2D eigenvalue weighted by molar-refractivity contribution is -0.138. The monoisotopic (exact) mass is 186 g/mol. The lowest BCUT2D eigenvalue weighted by atomic mass is 9.88. The molecule has 0 aliphatic heterocycles. The standard InChI is InChI=1S/C11H22O2/c1-4-7-8-10(12)11(13,6-3)9-5-2/h13H,4-9H2,1-3H3. The summed E-state index contributed by atoms with van der Waals surface area (Å²) in [5, 5.41) is 9.97. The zero-order chi connectivity index (χ0) is 10.3. The number of carbonyl (C=O) groups is 1. The zero-order valence-electron chi connectivity index (χ0n) is 9.10. The highest BCUT2D eigenvalue weighted by molar-refractivity contribution is 5.86. The average molecular weight is 186 g/mol. The van der Waals surface area contributed by atoms with E-state index in [0.29, 0.717) is 19.3 Å². The molecule has 0 amide bonds. The molecule has 0 spiro atoms. The van der Waals surface area contributed by atoms with Crippen LogP contribution in [0, 0.1) is 0 Å². The van der Waals surface area contributed by atoms with Crippen LogP contribution in [-0.4, -0.2) is 16.5 Å². The second-order valence-corrected chi connectivity index (χ2v) is 3.66. The van der Waals surface area contributed by atoms with Gasteiger partial charge in [-0.15, -0.1) is 0 Å². The maximum atomic E-state index is 11.6. The summed E-state index contributed by atoms with van der Waals surface area (Å²) in [6, 6.07) is 0. The van der Waals surface area contributed by atoms with Crippen LogP contribution in [0.4, 0.5) is 0 Å². The molecule has 0 saturated carbocycles. The number of rotatable bonds is 7. The number of ketones is 1. The van der Waals surface area contributed by atoms with E-state index < -0.39 is 5.60 Å². The van der Waals surface area contributed by atoms with Crippen molar-refractivity contribution >= 4 is 5.78 Å². The molecule has 1 atom stereocenters. The third-order valence-corrected chi connectivity index (χ3v) is 2.52. The van der Waals surface area contributed by atoms with Crippen molar-refractivity contribution in [2.45, 2.75) is 64.9 Å². The van der Waals surface area contributed by atoms with Crippen molar-refractivity contribution in [3.05, 3.63) is 0 Å². The van der Waals surface area contributed by atoms with Crippen molar-refractivity contribution in [1.82, 2.24) is 0 Å². The van der Waals surface area contributed by atoms with Gasteiger partial charge >= 0.3 is 0 Å². The van der Waals surface area contributed by atoms with Crippen molar-refractivity contribution in [1.29, 1.82) is 0 Å². The molecule has 0 rings (SSSR count). The van der Waals surface area contributed by atoms with Gasteiger partial charge in [0.05, 0.1) is 0 Å². The Morgan fingerprint density at radius 3 is 2.23 bits per heavy atom. The highest BCUT2D eigenvalue weighted by Crippen LogP contribution is 2.20. The molecular weight excluding hydrogens is 164 g/mol. The summed E-state index contributed by atoms with van der Waals surface area (Å²) in [5.74, 6) is 0.0266. The first kappa shape index (κ1) is 12.6. The van der Waals surface area contributed by atoms with Gasteiger partial charge in [0.25, 0.3) is 0 Å². The van der Waals surface area contributed by atoms with Gasteiger partial charge in [0, 0.05) is 6.42 Å². The maximum Gasteiger partial charge on any atom is 0.164 e. The number of carbonyl (C=O) groups excluding carboxylic acids is 1. The number of aliphatic hydroxyl groups is 1. The van der Waals surface area contributed by atoms with Gasteiger partial charge in [0.2, 0.25) is 0 Å². The van der Waals surface area contributed by atoms with Crippen LogP contribution in [0.15, 0.2) is 0 Å². The van der Waals surface area contributed by atoms with E-state index in [-0.39, 0.29) is 5.78 Å². The van der Waals surface area contributed by atoms with Crippen LogP contribution in [0.3, 0.4) is 0 Å². The fraction of sp³-hybridized carbons (Fsp3) is 0.909. The number of unbranched alkanes of at least 4 members (excludes halogenated alkanes) is 1. The molecule has 1 unspecified atom stereocenters. The Labute approximate surface area is 81.3 Å². The summed E-state index contributed by atoms with van der Waals surface area (Å²) in [7, 11) is 0. The average Bonchev–Trinajstić information content (AvgIpc) is 2.14. The van der Waals surface area contributed by atoms with Crippen LogP contribution >= 0.6 is 0 Å². The van der Waals surface area contributed by atoms with Crippen LogP contribution < -0.4 is 0 Å². The Morgan fingerprint density at radius 2 is 1.85 bits per heavy atom. The second kappa shape index (κ2) is 6.14. The van der Waals surface area contributed by atoms with E-state index >= 15 is 0 Å². The molecule has 0 bridgehead atoms. The van der Waals surface area contributed by atoms with E-state index in [0.717, 1.165) is 19.3 Å². The minimum Gasteiger partial charge on any atom is -0.382 e. The van der Waals surface area contributed by atoms with Crippen LogP contribution in [0.1, 0.15) is 59.3 Å². The lowest BCUT2D eigenvalue weighted by Crippen LogP contribution is -2.37. The molecule has 0 aromatic rings. The summed E-state index contributed by atoms with van der Waals surface area (Å²) in [6.07, 6.45) is 4.45. The van der Waals surface area contributed by atoms with Gasteiger partial charge in [-0.25, -0.2) is 0 Å². The summed E-state index contributed by atoms with van der Waals surface area (Å²) in [5.41, 5.74) is -1.04. The number of Topliss-reactive ketones (excluding diaryl/α,β-unsaturated/α-hetero) is 1. The highest BCUT2D eigenvalue weighted by atomic mass is 16.3. The Hall–Kier alpha value is -0.370. The van der Waals surface area contributed by atoms with Crippen LogP contribution in [0.25, 0.3) is 0 Å². The fourth-order valence-corrected chi connectivity index (χ4v) is 1.50.